The number of hydrogen-bond acceptors (Lipinski definition) is 7. The minimum atomic E-state index is -4.20. The number of methoxy groups -OCH3 is 3. The van der Waals surface area contributed by atoms with E-state index in [4.69, 9.17) is 14.2 Å². The van der Waals surface area contributed by atoms with Crippen molar-refractivity contribution in [2.24, 2.45) is 0 Å². The Kier molecular flexibility index (Phi) is 11.0. The molecule has 0 fully saturated rings. The third-order valence-corrected chi connectivity index (χ3v) is 8.28. The molecule has 3 aromatic carbocycles. The highest BCUT2D eigenvalue weighted by atomic mass is 32.2. The monoisotopic (exact) mass is 583 g/mol. The first-order valence-corrected chi connectivity index (χ1v) is 14.6. The molecule has 0 radical (unpaired) electrons. The van der Waals surface area contributed by atoms with Crippen molar-refractivity contribution >= 4 is 27.5 Å². The van der Waals surface area contributed by atoms with Gasteiger partial charge in [-0.25, -0.2) is 8.42 Å². The number of nitrogens with one attached hydrogen (secondary N) is 1. The third kappa shape index (κ3) is 7.49. The second-order valence-electron chi connectivity index (χ2n) is 9.06. The summed E-state index contributed by atoms with van der Waals surface area (Å²) in [6.45, 7) is 3.49. The summed E-state index contributed by atoms with van der Waals surface area (Å²) in [5, 5.41) is 2.79. The van der Waals surface area contributed by atoms with Crippen molar-refractivity contribution in [3.8, 4) is 17.2 Å². The van der Waals surface area contributed by atoms with Crippen molar-refractivity contribution in [1.82, 2.24) is 10.2 Å². The highest BCUT2D eigenvalue weighted by Gasteiger charge is 2.34. The van der Waals surface area contributed by atoms with Crippen LogP contribution in [-0.4, -0.2) is 65.6 Å². The summed E-state index contributed by atoms with van der Waals surface area (Å²) in [7, 11) is 0.254. The number of ether oxygens (including phenoxy) is 3. The van der Waals surface area contributed by atoms with E-state index in [-0.39, 0.29) is 23.0 Å². The lowest BCUT2D eigenvalue weighted by Crippen LogP contribution is -2.52. The summed E-state index contributed by atoms with van der Waals surface area (Å²) >= 11 is 0. The Morgan fingerprint density at radius 3 is 2.17 bits per heavy atom. The summed E-state index contributed by atoms with van der Waals surface area (Å²) in [6, 6.07) is 18.8. The topological polar surface area (TPSA) is 114 Å². The van der Waals surface area contributed by atoms with E-state index >= 15 is 0 Å². The Bertz CT molecular complexity index is 1430. The maximum atomic E-state index is 14.1. The molecule has 0 aliphatic rings. The molecule has 0 aliphatic heterocycles. The number of nitrogens with zero attached hydrogens (tertiary/aromatic N) is 2. The van der Waals surface area contributed by atoms with Crippen molar-refractivity contribution in [2.75, 3.05) is 38.7 Å². The van der Waals surface area contributed by atoms with Crippen molar-refractivity contribution in [3.05, 3.63) is 78.4 Å². The van der Waals surface area contributed by atoms with Crippen LogP contribution in [0.2, 0.25) is 0 Å². The molecule has 1 N–H and O–H groups in total. The highest BCUT2D eigenvalue weighted by molar-refractivity contribution is 7.92. The van der Waals surface area contributed by atoms with E-state index in [1.807, 2.05) is 6.07 Å². The van der Waals surface area contributed by atoms with Gasteiger partial charge in [0.15, 0.2) is 11.5 Å². The number of amides is 2. The zero-order valence-corrected chi connectivity index (χ0v) is 24.8. The maximum Gasteiger partial charge on any atom is 0.264 e. The fraction of sp³-hybridized carbons (Fsp3) is 0.333. The zero-order valence-electron chi connectivity index (χ0n) is 24.0. The van der Waals surface area contributed by atoms with Gasteiger partial charge in [-0.1, -0.05) is 37.3 Å². The Morgan fingerprint density at radius 2 is 1.56 bits per heavy atom. The Labute approximate surface area is 241 Å². The number of carbonyl (C=O) groups is 2. The molecule has 0 spiro atoms. The van der Waals surface area contributed by atoms with Crippen LogP contribution in [0.3, 0.4) is 0 Å². The lowest BCUT2D eigenvalue weighted by molar-refractivity contribution is -0.140. The second-order valence-corrected chi connectivity index (χ2v) is 10.9. The van der Waals surface area contributed by atoms with Crippen molar-refractivity contribution in [1.29, 1.82) is 0 Å². The molecule has 11 heteroatoms. The van der Waals surface area contributed by atoms with Crippen molar-refractivity contribution < 1.29 is 32.2 Å². The third-order valence-electron chi connectivity index (χ3n) is 6.49. The van der Waals surface area contributed by atoms with Crippen LogP contribution in [0.4, 0.5) is 5.69 Å². The van der Waals surface area contributed by atoms with E-state index in [2.05, 4.69) is 5.32 Å². The SMILES string of the molecule is CCNC(=O)C(CC)N(Cc1cccc(OC)c1)C(=O)CN(c1ccc(OC)c(OC)c1)S(=O)(=O)c1ccccc1. The summed E-state index contributed by atoms with van der Waals surface area (Å²) < 4.78 is 45.0. The minimum Gasteiger partial charge on any atom is -0.497 e. The van der Waals surface area contributed by atoms with Gasteiger partial charge in [-0.05, 0) is 55.3 Å². The molecule has 1 unspecified atom stereocenters. The number of rotatable bonds is 14. The number of likely N-dealkylation sites (N-methyl/N-ethyl adjacent to an activating group) is 1. The van der Waals surface area contributed by atoms with Gasteiger partial charge in [-0.2, -0.15) is 0 Å². The summed E-state index contributed by atoms with van der Waals surface area (Å²) in [6.07, 6.45) is 0.323. The average molecular weight is 584 g/mol. The number of sulfonamides is 1. The van der Waals surface area contributed by atoms with E-state index in [1.165, 1.54) is 37.3 Å². The molecule has 3 rings (SSSR count). The Hall–Kier alpha value is -4.25. The lowest BCUT2D eigenvalue weighted by atomic mass is 10.1. The molecular formula is C30H37N3O7S. The number of carbonyl (C=O) groups excluding carboxylic acids is 2. The quantitative estimate of drug-likeness (QED) is 0.307. The molecule has 0 saturated carbocycles. The summed E-state index contributed by atoms with van der Waals surface area (Å²) in [4.78, 5) is 28.6. The predicted octanol–water partition coefficient (Wildman–Crippen LogP) is 3.85. The first kappa shape index (κ1) is 31.3. The van der Waals surface area contributed by atoms with E-state index < -0.39 is 28.5 Å². The second kappa shape index (κ2) is 14.4. The van der Waals surface area contributed by atoms with Crippen LogP contribution in [0.5, 0.6) is 17.2 Å². The van der Waals surface area contributed by atoms with Crippen LogP contribution in [0.1, 0.15) is 25.8 Å². The van der Waals surface area contributed by atoms with Gasteiger partial charge < -0.3 is 24.4 Å². The standard InChI is InChI=1S/C30H37N3O7S/c1-6-26(30(35)31-7-2)32(20-22-12-11-13-24(18-22)38-3)29(34)21-33(41(36,37)25-14-9-8-10-15-25)23-16-17-27(39-4)28(19-23)40-5/h8-19,26H,6-7,20-21H2,1-5H3,(H,31,35). The molecule has 0 bridgehead atoms. The average Bonchev–Trinajstić information content (AvgIpc) is 2.99. The smallest absolute Gasteiger partial charge is 0.264 e. The van der Waals surface area contributed by atoms with Gasteiger partial charge in [-0.3, -0.25) is 13.9 Å². The largest absolute Gasteiger partial charge is 0.497 e. The maximum absolute atomic E-state index is 14.1. The van der Waals surface area contributed by atoms with E-state index in [0.717, 1.165) is 9.87 Å². The van der Waals surface area contributed by atoms with E-state index in [1.54, 1.807) is 69.5 Å². The minimum absolute atomic E-state index is 0.0118. The van der Waals surface area contributed by atoms with E-state index in [0.29, 0.717) is 30.2 Å². The fourth-order valence-electron chi connectivity index (χ4n) is 4.41. The van der Waals surface area contributed by atoms with Gasteiger partial charge in [0, 0.05) is 19.2 Å². The van der Waals surface area contributed by atoms with E-state index in [9.17, 15) is 18.0 Å². The predicted molar refractivity (Wildman–Crippen MR) is 157 cm³/mol. The van der Waals surface area contributed by atoms with Gasteiger partial charge in [0.25, 0.3) is 10.0 Å². The molecule has 0 aliphatic carbocycles. The molecule has 10 nitrogen and oxygen atoms in total. The molecule has 3 aromatic rings. The van der Waals surface area contributed by atoms with Crippen molar-refractivity contribution in [2.45, 2.75) is 37.8 Å². The van der Waals surface area contributed by atoms with Gasteiger partial charge in [0.1, 0.15) is 18.3 Å². The van der Waals surface area contributed by atoms with Crippen LogP contribution < -0.4 is 23.8 Å². The number of anilines is 1. The van der Waals surface area contributed by atoms with Gasteiger partial charge in [-0.15, -0.1) is 0 Å². The molecule has 1 atom stereocenters. The molecule has 2 amide bonds. The molecule has 0 saturated heterocycles. The Balaban J connectivity index is 2.11. The van der Waals surface area contributed by atoms with Gasteiger partial charge in [0.05, 0.1) is 31.9 Å². The van der Waals surface area contributed by atoms with Crippen LogP contribution >= 0.6 is 0 Å². The molecule has 0 aromatic heterocycles. The lowest BCUT2D eigenvalue weighted by Gasteiger charge is -2.33. The van der Waals surface area contributed by atoms with Crippen molar-refractivity contribution in [3.63, 3.8) is 0 Å². The Morgan fingerprint density at radius 1 is 0.854 bits per heavy atom. The molecule has 0 heterocycles. The fourth-order valence-corrected chi connectivity index (χ4v) is 5.83. The number of hydrogen-bond donors (Lipinski definition) is 1. The van der Waals surface area contributed by atoms with Crippen LogP contribution in [-0.2, 0) is 26.2 Å². The summed E-state index contributed by atoms with van der Waals surface area (Å²) in [5.74, 6) is 0.420. The van der Waals surface area contributed by atoms with Crippen LogP contribution in [0, 0.1) is 0 Å². The first-order valence-electron chi connectivity index (χ1n) is 13.2. The molecular weight excluding hydrogens is 546 g/mol. The zero-order chi connectivity index (χ0) is 30.0. The number of benzene rings is 3. The van der Waals surface area contributed by atoms with Crippen LogP contribution in [0.25, 0.3) is 0 Å². The normalized spacial score (nSPS) is 11.7. The highest BCUT2D eigenvalue weighted by Crippen LogP contribution is 2.34. The van der Waals surface area contributed by atoms with Crippen LogP contribution in [0.15, 0.2) is 77.7 Å². The van der Waals surface area contributed by atoms with Gasteiger partial charge >= 0.3 is 0 Å². The molecule has 220 valence electrons. The molecule has 41 heavy (non-hydrogen) atoms. The summed E-state index contributed by atoms with van der Waals surface area (Å²) in [5.41, 5.74) is 0.927. The van der Waals surface area contributed by atoms with Gasteiger partial charge in [0.2, 0.25) is 11.8 Å². The first-order chi connectivity index (χ1) is 19.7.